The van der Waals surface area contributed by atoms with Crippen LogP contribution in [-0.4, -0.2) is 70.7 Å². The molecule has 2 aromatic carbocycles. The Hall–Kier alpha value is -3.59. The molecule has 0 bridgehead atoms. The van der Waals surface area contributed by atoms with Gasteiger partial charge in [0.1, 0.15) is 18.5 Å². The lowest BCUT2D eigenvalue weighted by molar-refractivity contribution is -0.147. The third-order valence-corrected chi connectivity index (χ3v) is 5.98. The van der Waals surface area contributed by atoms with Gasteiger partial charge in [0.2, 0.25) is 6.10 Å². The van der Waals surface area contributed by atoms with Gasteiger partial charge in [0.05, 0.1) is 0 Å². The van der Waals surface area contributed by atoms with Gasteiger partial charge in [-0.1, -0.05) is 12.1 Å². The molecule has 0 saturated carbocycles. The third-order valence-electron chi connectivity index (χ3n) is 5.98. The van der Waals surface area contributed by atoms with E-state index in [-0.39, 0.29) is 18.3 Å². The van der Waals surface area contributed by atoms with E-state index in [1.165, 1.54) is 12.1 Å². The number of nitrogens with one attached hydrogen (secondary N) is 1. The fourth-order valence-electron chi connectivity index (χ4n) is 4.38. The molecule has 1 amide bonds. The molecular weight excluding hydrogens is 417 g/mol. The summed E-state index contributed by atoms with van der Waals surface area (Å²) >= 11 is 0. The van der Waals surface area contributed by atoms with Crippen LogP contribution in [0.2, 0.25) is 0 Å². The molecular formula is C23H22FN3O5. The van der Waals surface area contributed by atoms with Crippen LogP contribution in [0.1, 0.15) is 11.6 Å². The van der Waals surface area contributed by atoms with Crippen molar-refractivity contribution in [1.82, 2.24) is 14.8 Å². The second-order valence-corrected chi connectivity index (χ2v) is 7.90. The lowest BCUT2D eigenvalue weighted by Crippen LogP contribution is -2.55. The number of benzene rings is 2. The van der Waals surface area contributed by atoms with Gasteiger partial charge in [0.25, 0.3) is 5.91 Å². The maximum absolute atomic E-state index is 13.5. The molecule has 0 spiro atoms. The lowest BCUT2D eigenvalue weighted by Gasteiger charge is -2.39. The van der Waals surface area contributed by atoms with Crippen LogP contribution in [0.25, 0.3) is 10.9 Å². The summed E-state index contributed by atoms with van der Waals surface area (Å²) in [5, 5.41) is 10.6. The van der Waals surface area contributed by atoms with E-state index in [1.807, 2.05) is 17.0 Å². The molecule has 2 atom stereocenters. The van der Waals surface area contributed by atoms with Gasteiger partial charge in [-0.15, -0.1) is 0 Å². The number of para-hydroxylation sites is 2. The number of aliphatic carboxylic acids is 1. The van der Waals surface area contributed by atoms with Crippen LogP contribution in [0.3, 0.4) is 0 Å². The molecule has 3 heterocycles. The van der Waals surface area contributed by atoms with Gasteiger partial charge >= 0.3 is 5.97 Å². The number of nitrogens with zero attached hydrogens (tertiary/aromatic N) is 2. The van der Waals surface area contributed by atoms with E-state index in [9.17, 15) is 19.1 Å². The van der Waals surface area contributed by atoms with Crippen molar-refractivity contribution in [3.05, 3.63) is 60.0 Å². The van der Waals surface area contributed by atoms with Crippen LogP contribution in [0, 0.1) is 5.82 Å². The highest BCUT2D eigenvalue weighted by Crippen LogP contribution is 2.32. The Morgan fingerprint density at radius 2 is 1.84 bits per heavy atom. The van der Waals surface area contributed by atoms with Crippen LogP contribution in [0.4, 0.5) is 4.39 Å². The van der Waals surface area contributed by atoms with Gasteiger partial charge in [-0.25, -0.2) is 4.39 Å². The molecule has 2 N–H and O–H groups in total. The van der Waals surface area contributed by atoms with Crippen LogP contribution < -0.4 is 9.47 Å². The molecule has 0 radical (unpaired) electrons. The van der Waals surface area contributed by atoms with E-state index in [4.69, 9.17) is 9.47 Å². The maximum Gasteiger partial charge on any atom is 0.325 e. The summed E-state index contributed by atoms with van der Waals surface area (Å²) in [5.41, 5.74) is 1.13. The number of aromatic amines is 1. The van der Waals surface area contributed by atoms with Crippen molar-refractivity contribution < 1.29 is 28.6 Å². The molecule has 0 unspecified atom stereocenters. The minimum Gasteiger partial charge on any atom is -0.485 e. The van der Waals surface area contributed by atoms with Crippen LogP contribution >= 0.6 is 0 Å². The number of hydrogen-bond donors (Lipinski definition) is 2. The van der Waals surface area contributed by atoms with Crippen molar-refractivity contribution >= 4 is 22.8 Å². The molecule has 9 heteroatoms. The van der Waals surface area contributed by atoms with Crippen LogP contribution in [0.5, 0.6) is 11.5 Å². The number of hydrogen-bond acceptors (Lipinski definition) is 5. The van der Waals surface area contributed by atoms with E-state index in [0.29, 0.717) is 54.1 Å². The number of ether oxygens (including phenoxy) is 2. The first-order chi connectivity index (χ1) is 15.5. The van der Waals surface area contributed by atoms with E-state index in [0.717, 1.165) is 0 Å². The number of carboxylic acid groups (broad SMARTS) is 1. The molecule has 32 heavy (non-hydrogen) atoms. The highest BCUT2D eigenvalue weighted by Gasteiger charge is 2.36. The molecule has 0 aliphatic carbocycles. The molecule has 2 aliphatic heterocycles. The number of halogens is 1. The maximum atomic E-state index is 13.5. The van der Waals surface area contributed by atoms with Gasteiger partial charge in [-0.05, 0) is 30.3 Å². The number of rotatable bonds is 4. The van der Waals surface area contributed by atoms with Crippen molar-refractivity contribution in [3.63, 3.8) is 0 Å². The number of fused-ring (bicyclic) bond motifs is 2. The van der Waals surface area contributed by atoms with Gasteiger partial charge < -0.3 is 24.5 Å². The first-order valence-electron chi connectivity index (χ1n) is 10.4. The first kappa shape index (κ1) is 20.3. The summed E-state index contributed by atoms with van der Waals surface area (Å²) < 4.78 is 25.0. The fraction of sp³-hybridized carbons (Fsp3) is 0.304. The molecule has 2 aliphatic rings. The average Bonchev–Trinajstić information content (AvgIpc) is 3.21. The van der Waals surface area contributed by atoms with E-state index in [2.05, 4.69) is 4.98 Å². The Morgan fingerprint density at radius 1 is 1.09 bits per heavy atom. The average molecular weight is 439 g/mol. The Kier molecular flexibility index (Phi) is 5.18. The smallest absolute Gasteiger partial charge is 0.325 e. The number of carboxylic acids is 1. The normalized spacial score (nSPS) is 19.7. The minimum absolute atomic E-state index is 0.139. The number of carbonyl (C=O) groups is 2. The zero-order chi connectivity index (χ0) is 22.2. The summed E-state index contributed by atoms with van der Waals surface area (Å²) in [5.74, 6) is -0.396. The SMILES string of the molecule is O=C(O)[C@@H](c1c[nH]c2cc(F)ccc12)N1CCN(C(=O)[C@H]2COc3ccccc3O2)CC1. The van der Waals surface area contributed by atoms with Gasteiger partial charge in [-0.3, -0.25) is 14.5 Å². The van der Waals surface area contributed by atoms with E-state index < -0.39 is 18.1 Å². The number of carbonyl (C=O) groups excluding carboxylic acids is 1. The molecule has 3 aromatic rings. The Balaban J connectivity index is 1.28. The molecule has 166 valence electrons. The van der Waals surface area contributed by atoms with Crippen LogP contribution in [0.15, 0.2) is 48.7 Å². The van der Waals surface area contributed by atoms with Crippen LogP contribution in [-0.2, 0) is 9.59 Å². The number of amides is 1. The molecule has 5 rings (SSSR count). The standard InChI is InChI=1S/C23H22FN3O5/c24-14-5-6-15-16(12-25-17(15)11-14)21(23(29)30)26-7-9-27(10-8-26)22(28)20-13-31-18-3-1-2-4-19(18)32-20/h1-6,11-12,20-21,25H,7-10,13H2,(H,29,30)/t20-,21-/m1/s1. The first-order valence-corrected chi connectivity index (χ1v) is 10.4. The molecule has 1 aromatic heterocycles. The second-order valence-electron chi connectivity index (χ2n) is 7.90. The summed E-state index contributed by atoms with van der Waals surface area (Å²) in [4.78, 5) is 31.6. The van der Waals surface area contributed by atoms with Crippen molar-refractivity contribution in [2.45, 2.75) is 12.1 Å². The van der Waals surface area contributed by atoms with E-state index >= 15 is 0 Å². The Morgan fingerprint density at radius 3 is 2.59 bits per heavy atom. The summed E-state index contributed by atoms with van der Waals surface area (Å²) in [6.07, 6.45) is 0.890. The Bertz CT molecular complexity index is 1170. The van der Waals surface area contributed by atoms with Crippen molar-refractivity contribution in [3.8, 4) is 11.5 Å². The quantitative estimate of drug-likeness (QED) is 0.648. The van der Waals surface area contributed by atoms with Crippen molar-refractivity contribution in [1.29, 1.82) is 0 Å². The number of piperazine rings is 1. The van der Waals surface area contributed by atoms with Gasteiger partial charge in [-0.2, -0.15) is 0 Å². The number of aromatic nitrogens is 1. The zero-order valence-electron chi connectivity index (χ0n) is 17.2. The largest absolute Gasteiger partial charge is 0.485 e. The number of H-pyrrole nitrogens is 1. The highest BCUT2D eigenvalue weighted by molar-refractivity contribution is 5.89. The van der Waals surface area contributed by atoms with E-state index in [1.54, 1.807) is 29.3 Å². The summed E-state index contributed by atoms with van der Waals surface area (Å²) in [6.45, 7) is 1.67. The monoisotopic (exact) mass is 439 g/mol. The van der Waals surface area contributed by atoms with Gasteiger partial charge in [0, 0.05) is 48.8 Å². The Labute approximate surface area is 183 Å². The van der Waals surface area contributed by atoms with Gasteiger partial charge in [0.15, 0.2) is 11.5 Å². The lowest BCUT2D eigenvalue weighted by atomic mass is 10.0. The second kappa shape index (κ2) is 8.16. The molecule has 1 fully saturated rings. The summed E-state index contributed by atoms with van der Waals surface area (Å²) in [7, 11) is 0. The minimum atomic E-state index is -0.990. The predicted molar refractivity (Wildman–Crippen MR) is 113 cm³/mol. The topological polar surface area (TPSA) is 95.1 Å². The zero-order valence-corrected chi connectivity index (χ0v) is 17.2. The predicted octanol–water partition coefficient (Wildman–Crippen LogP) is 2.42. The van der Waals surface area contributed by atoms with Crippen molar-refractivity contribution in [2.75, 3.05) is 32.8 Å². The van der Waals surface area contributed by atoms with Crippen molar-refractivity contribution in [2.24, 2.45) is 0 Å². The summed E-state index contributed by atoms with van der Waals surface area (Å²) in [6, 6.07) is 10.6. The fourth-order valence-corrected chi connectivity index (χ4v) is 4.38. The molecule has 8 nitrogen and oxygen atoms in total. The third kappa shape index (κ3) is 3.64. The highest BCUT2D eigenvalue weighted by atomic mass is 19.1. The molecule has 1 saturated heterocycles.